The Morgan fingerprint density at radius 2 is 1.64 bits per heavy atom. The second-order valence-corrected chi connectivity index (χ2v) is 30.3. The smallest absolute Gasteiger partial charge is 0.469 e. The van der Waals surface area contributed by atoms with Gasteiger partial charge in [0.1, 0.15) is 37.8 Å². The van der Waals surface area contributed by atoms with Crippen LogP contribution in [0.2, 0.25) is 0 Å². The Bertz CT molecular complexity index is 4550. The summed E-state index contributed by atoms with van der Waals surface area (Å²) in [5.74, 6) is -4.37. The number of nitrogens with zero attached hydrogens (tertiary/aromatic N) is 4. The van der Waals surface area contributed by atoms with Gasteiger partial charge in [-0.25, -0.2) is 23.7 Å². The van der Waals surface area contributed by atoms with Crippen LogP contribution in [0.15, 0.2) is 94.8 Å². The largest absolute Gasteiger partial charge is 0.504 e. The summed E-state index contributed by atoms with van der Waals surface area (Å²) in [7, 11) is -0.320. The fraction of sp³-hybridized carbons (Fsp3) is 0.386. The number of ether oxygens (including phenoxy) is 9. The number of non-ortho nitro benzene ring substituents is 1. The number of aliphatic imine (C=N–C) groups is 1. The van der Waals surface area contributed by atoms with Gasteiger partial charge in [-0.3, -0.25) is 44.3 Å². The number of aliphatic carboxylic acids is 1. The zero-order chi connectivity index (χ0) is 74.3. The molecule has 1 saturated heterocycles. The standard InChI is InChI=1S/C70H72N7O24PS3.2Fm/c1-34-22-38-23-39-27-72-57(54(38)59(81)60(34)93-5)58-64-56-55(63-62(97-33-98-63)35(2)61(56)100-36(3)78)49(76(58)66(39)83)29-95-67(84)70(32-103-64)46-26-50(92-4)51(24-37(46)16-17-73-70)101-69(86)75(19-21-94-30-53(79)80)48-25-40(77(87)88)14-15-52(48)105-104-31-47(65(82)71-18-20-99-102(89,90)91)74-68(85)96-28-45-43-12-8-6-10-41(43)42-11-7-9-13-44(42)45;;/h6-15,22,24-27,39,45,47,49,57-58,64,66,73,81,83H,16-21,23,28-33H2,1-5H3,(H,71,82)(H,74,85)(H,79,80)(H2,89,90,91);;. The van der Waals surface area contributed by atoms with E-state index < -0.39 is 141 Å². The number of anilines is 1. The number of aliphatic hydroxyl groups is 1. The van der Waals surface area contributed by atoms with E-state index in [1.807, 2.05) is 66.4 Å². The number of phenols is 1. The van der Waals surface area contributed by atoms with E-state index in [1.165, 1.54) is 51.1 Å². The number of carbonyl (C=O) groups is 6. The van der Waals surface area contributed by atoms with E-state index in [4.69, 9.17) is 47.6 Å². The predicted octanol–water partition coefficient (Wildman–Crippen LogP) is 7.98. The molecule has 7 aliphatic heterocycles. The van der Waals surface area contributed by atoms with Crippen LogP contribution in [0.3, 0.4) is 0 Å². The van der Waals surface area contributed by atoms with E-state index in [0.717, 1.165) is 66.4 Å². The number of benzene rings is 6. The molecule has 37 heteroatoms. The molecule has 1 fully saturated rings. The molecule has 1 spiro atoms. The molecule has 0 saturated carbocycles. The van der Waals surface area contributed by atoms with Crippen molar-refractivity contribution in [3.8, 4) is 51.4 Å². The van der Waals surface area contributed by atoms with Crippen molar-refractivity contribution in [1.82, 2.24) is 20.9 Å². The van der Waals surface area contributed by atoms with Crippen molar-refractivity contribution in [2.24, 2.45) is 10.9 Å². The molecule has 4 bridgehead atoms. The van der Waals surface area contributed by atoms with Gasteiger partial charge in [0.25, 0.3) is 5.69 Å². The molecule has 8 unspecified atom stereocenters. The minimum atomic E-state index is -4.93. The topological polar surface area (TPSA) is 411 Å². The summed E-state index contributed by atoms with van der Waals surface area (Å²) in [6, 6.07) is 19.6. The predicted molar refractivity (Wildman–Crippen MR) is 380 cm³/mol. The number of fused-ring (bicyclic) bond motifs is 12. The van der Waals surface area contributed by atoms with Gasteiger partial charge in [-0.15, -0.1) is 11.8 Å². The number of phosphoric ester groups is 1. The molecule has 8 N–H and O–H groups in total. The number of aryl methyl sites for hydroxylation is 1. The van der Waals surface area contributed by atoms with Crippen molar-refractivity contribution >= 4 is 94.8 Å². The number of rotatable bonds is 23. The van der Waals surface area contributed by atoms with Crippen LogP contribution in [0.4, 0.5) is 21.0 Å². The molecule has 0 radical (unpaired) electrons. The van der Waals surface area contributed by atoms with E-state index in [0.29, 0.717) is 50.4 Å². The number of nitro groups is 1. The molecule has 8 aliphatic rings. The van der Waals surface area contributed by atoms with Gasteiger partial charge < -0.3 is 78.4 Å². The number of esters is 2. The maximum atomic E-state index is 15.6. The van der Waals surface area contributed by atoms with E-state index in [-0.39, 0.29) is 89.5 Å². The number of phenolic OH excluding ortho intramolecular Hbond substituents is 1. The first-order chi connectivity index (χ1) is 50.4. The van der Waals surface area contributed by atoms with Gasteiger partial charge in [-0.05, 0) is 89.4 Å². The number of carboxylic acid groups (broad SMARTS) is 1. The average molecular weight is 2040 g/mol. The van der Waals surface area contributed by atoms with E-state index in [2.05, 4.69) is 20.5 Å². The Morgan fingerprint density at radius 1 is 0.916 bits per heavy atom. The van der Waals surface area contributed by atoms with Gasteiger partial charge in [0, 0.05) is 88.9 Å². The van der Waals surface area contributed by atoms with Crippen LogP contribution >= 0.6 is 41.2 Å². The molecule has 8 atom stereocenters. The van der Waals surface area contributed by atoms with Crippen LogP contribution in [-0.4, -0.2) is 181 Å². The molecule has 107 heavy (non-hydrogen) atoms. The number of carboxylic acids is 1. The van der Waals surface area contributed by atoms with Crippen molar-refractivity contribution in [1.29, 1.82) is 0 Å². The first kappa shape index (κ1) is 76.9. The van der Waals surface area contributed by atoms with Crippen molar-refractivity contribution in [2.75, 3.05) is 90.1 Å². The van der Waals surface area contributed by atoms with Crippen molar-refractivity contribution in [2.45, 2.75) is 85.6 Å². The van der Waals surface area contributed by atoms with E-state index >= 15 is 9.59 Å². The molecule has 7 heterocycles. The summed E-state index contributed by atoms with van der Waals surface area (Å²) in [5, 5.41) is 54.9. The Morgan fingerprint density at radius 3 is 2.34 bits per heavy atom. The third-order valence-corrected chi connectivity index (χ3v) is 23.7. The molecule has 6 aromatic rings. The molecule has 6 aromatic carbocycles. The van der Waals surface area contributed by atoms with E-state index in [1.54, 1.807) is 13.1 Å². The summed E-state index contributed by atoms with van der Waals surface area (Å²) < 4.78 is 70.2. The summed E-state index contributed by atoms with van der Waals surface area (Å²) in [5.41, 5.74) is 5.46. The average Bonchev–Trinajstić information content (AvgIpc) is 1.69. The van der Waals surface area contributed by atoms with Gasteiger partial charge in [0.2, 0.25) is 12.7 Å². The number of methoxy groups -OCH3 is 2. The van der Waals surface area contributed by atoms with Gasteiger partial charge in [-0.2, -0.15) is 0 Å². The quantitative estimate of drug-likeness (QED) is 0.00573. The number of amides is 3. The minimum absolute atomic E-state index is 0. The summed E-state index contributed by atoms with van der Waals surface area (Å²) >= 11 is 1.27. The Labute approximate surface area is 611 Å². The van der Waals surface area contributed by atoms with Gasteiger partial charge in [0.15, 0.2) is 40.0 Å². The van der Waals surface area contributed by atoms with Gasteiger partial charge >= 0.3 is 37.9 Å². The van der Waals surface area contributed by atoms with Crippen LogP contribution in [0.1, 0.15) is 85.8 Å². The fourth-order valence-corrected chi connectivity index (χ4v) is 19.3. The molecule has 578 valence electrons. The zero-order valence-electron chi connectivity index (χ0n) is 57.5. The number of nitrogens with one attached hydrogen (secondary N) is 3. The Kier molecular flexibility index (Phi) is 22.6. The minimum Gasteiger partial charge on any atom is -0.504 e. The summed E-state index contributed by atoms with van der Waals surface area (Å²) in [6.45, 7) is 1.47. The molecular weight excluding hydrogens is 1960 g/mol. The number of carbonyl (C=O) groups excluding carboxylic acids is 5. The van der Waals surface area contributed by atoms with Crippen LogP contribution in [0.25, 0.3) is 11.1 Å². The number of aromatic hydroxyl groups is 1. The number of aliphatic hydroxyl groups excluding tert-OH is 1. The Balaban J connectivity index is 0.00000570. The monoisotopic (exact) mass is 2040 g/mol. The molecule has 0 aromatic heterocycles. The third kappa shape index (κ3) is 14.8. The maximum absolute atomic E-state index is 15.6. The van der Waals surface area contributed by atoms with Crippen LogP contribution in [-0.2, 0) is 60.9 Å². The van der Waals surface area contributed by atoms with E-state index in [9.17, 15) is 59.0 Å². The number of nitro benzene ring substituents is 1. The molecule has 3 amide bonds. The second kappa shape index (κ2) is 31.5. The summed E-state index contributed by atoms with van der Waals surface area (Å²) in [6.07, 6.45) is -1.26. The Hall–Kier alpha value is -11.2. The van der Waals surface area contributed by atoms with Crippen molar-refractivity contribution < 1.29 is 111 Å². The number of phosphoric acid groups is 1. The normalized spacial score (nSPS) is 20.8. The van der Waals surface area contributed by atoms with Crippen molar-refractivity contribution in [3.63, 3.8) is 0 Å². The number of hydrogen-bond acceptors (Lipinski definition) is 27. The molecular formula is C70H72Fm2N7O24PS3. The molecule has 1 aliphatic carbocycles. The summed E-state index contributed by atoms with van der Waals surface area (Å²) in [4.78, 5) is 122. The van der Waals surface area contributed by atoms with Gasteiger partial charge in [0.05, 0.1) is 68.0 Å². The van der Waals surface area contributed by atoms with Gasteiger partial charge in [-0.1, -0.05) is 76.2 Å². The first-order valence-corrected chi connectivity index (χ1v) is 38.0. The number of thioether (sulfide) groups is 1. The molecule has 31 nitrogen and oxygen atoms in total. The first-order valence-electron chi connectivity index (χ1n) is 33.1. The molecule has 14 rings (SSSR count). The van der Waals surface area contributed by atoms with Crippen molar-refractivity contribution in [3.05, 3.63) is 151 Å². The van der Waals surface area contributed by atoms with Crippen LogP contribution < -0.4 is 49.3 Å². The fourth-order valence-electron chi connectivity index (χ4n) is 14.9. The SMILES string of the molecule is COc1cc2c(cc1OC(=O)N(CCOCC(=O)O)c1cc([N+](=O)[O-])ccc1SSCC(NC(=O)OCC1c3ccccc3-c3ccccc31)C(=O)NCCOP(=O)(O)O)CCNC21CSC2c3c(OC(C)=O)c(C)c4c(c3C(COC1=O)N1C(O)C3C=NC(c5c(cc(C)c(OC)c5O)C3)C21)OCO4.[Fm].[Fm]. The number of hydrogen-bond donors (Lipinski definition) is 8. The number of alkyl carbamates (subject to hydrolysis) is 1. The maximum Gasteiger partial charge on any atom is 0.469 e. The second-order valence-electron chi connectivity index (χ2n) is 25.5. The zero-order valence-corrected chi connectivity index (χ0v) is 65.7. The third-order valence-electron chi connectivity index (χ3n) is 19.3. The van der Waals surface area contributed by atoms with Crippen LogP contribution in [0.5, 0.6) is 40.2 Å². The van der Waals surface area contributed by atoms with Crippen LogP contribution in [0, 0.1) is 29.9 Å².